The van der Waals surface area contributed by atoms with E-state index in [1.54, 1.807) is 0 Å². The van der Waals surface area contributed by atoms with Crippen LogP contribution in [0.2, 0.25) is 0 Å². The lowest BCUT2D eigenvalue weighted by Crippen LogP contribution is -2.50. The Hall–Kier alpha value is -1.34. The van der Waals surface area contributed by atoms with Crippen molar-refractivity contribution < 1.29 is 14.3 Å². The first-order chi connectivity index (χ1) is 13.1. The molecule has 0 atom stereocenters. The van der Waals surface area contributed by atoms with Gasteiger partial charge in [-0.25, -0.2) is 0 Å². The second kappa shape index (κ2) is 12.2. The fourth-order valence-corrected chi connectivity index (χ4v) is 3.47. The zero-order chi connectivity index (χ0) is 19.5. The molecular weight excluding hydrogens is 344 g/mol. The molecule has 156 valence electrons. The Kier molecular flexibility index (Phi) is 9.91. The predicted octanol–water partition coefficient (Wildman–Crippen LogP) is 1.77. The van der Waals surface area contributed by atoms with Crippen LogP contribution >= 0.6 is 0 Å². The van der Waals surface area contributed by atoms with Crippen LogP contribution in [0.1, 0.15) is 52.9 Å². The summed E-state index contributed by atoms with van der Waals surface area (Å²) in [5.41, 5.74) is 0. The second-order valence-corrected chi connectivity index (χ2v) is 7.70. The van der Waals surface area contributed by atoms with E-state index in [0.29, 0.717) is 12.1 Å². The SMILES string of the molecule is CCNC(=NCCCOC1CCOCC1)NC1CCN(C(=O)C(C)C)CC1. The zero-order valence-corrected chi connectivity index (χ0v) is 17.3. The fourth-order valence-electron chi connectivity index (χ4n) is 3.47. The Balaban J connectivity index is 1.66. The van der Waals surface area contributed by atoms with E-state index < -0.39 is 0 Å². The highest BCUT2D eigenvalue weighted by Gasteiger charge is 2.24. The van der Waals surface area contributed by atoms with Gasteiger partial charge >= 0.3 is 0 Å². The number of likely N-dealkylation sites (tertiary alicyclic amines) is 1. The minimum Gasteiger partial charge on any atom is -0.381 e. The molecule has 0 spiro atoms. The van der Waals surface area contributed by atoms with E-state index in [2.05, 4.69) is 22.5 Å². The lowest BCUT2D eigenvalue weighted by Gasteiger charge is -2.34. The molecular formula is C20H38N4O3. The molecule has 27 heavy (non-hydrogen) atoms. The van der Waals surface area contributed by atoms with Crippen LogP contribution in [0.5, 0.6) is 0 Å². The predicted molar refractivity (Wildman–Crippen MR) is 108 cm³/mol. The van der Waals surface area contributed by atoms with Gasteiger partial charge in [0.1, 0.15) is 0 Å². The highest BCUT2D eigenvalue weighted by atomic mass is 16.5. The van der Waals surface area contributed by atoms with Gasteiger partial charge in [0.05, 0.1) is 6.10 Å². The van der Waals surface area contributed by atoms with Crippen molar-refractivity contribution >= 4 is 11.9 Å². The number of amides is 1. The highest BCUT2D eigenvalue weighted by Crippen LogP contribution is 2.13. The third-order valence-corrected chi connectivity index (χ3v) is 5.08. The number of carbonyl (C=O) groups excluding carboxylic acids is 1. The van der Waals surface area contributed by atoms with E-state index in [4.69, 9.17) is 9.47 Å². The number of ether oxygens (including phenoxy) is 2. The summed E-state index contributed by atoms with van der Waals surface area (Å²) in [5, 5.41) is 6.85. The summed E-state index contributed by atoms with van der Waals surface area (Å²) in [6.07, 6.45) is 5.23. The van der Waals surface area contributed by atoms with Crippen LogP contribution in [-0.4, -0.2) is 74.9 Å². The Labute approximate surface area is 164 Å². The molecule has 0 saturated carbocycles. The van der Waals surface area contributed by atoms with Crippen LogP contribution < -0.4 is 10.6 Å². The first-order valence-corrected chi connectivity index (χ1v) is 10.6. The average Bonchev–Trinajstić information content (AvgIpc) is 2.68. The molecule has 2 fully saturated rings. The van der Waals surface area contributed by atoms with Crippen molar-refractivity contribution in [3.63, 3.8) is 0 Å². The van der Waals surface area contributed by atoms with Crippen molar-refractivity contribution in [2.45, 2.75) is 65.0 Å². The number of carbonyl (C=O) groups is 1. The topological polar surface area (TPSA) is 75.2 Å². The van der Waals surface area contributed by atoms with Gasteiger partial charge in [-0.15, -0.1) is 0 Å². The van der Waals surface area contributed by atoms with E-state index >= 15 is 0 Å². The molecule has 0 aromatic heterocycles. The Morgan fingerprint density at radius 3 is 2.56 bits per heavy atom. The van der Waals surface area contributed by atoms with Crippen molar-refractivity contribution in [2.24, 2.45) is 10.9 Å². The third-order valence-electron chi connectivity index (χ3n) is 5.08. The van der Waals surface area contributed by atoms with Gasteiger partial charge in [0.25, 0.3) is 0 Å². The standard InChI is InChI=1S/C20H38N4O3/c1-4-21-20(22-10-5-13-27-18-8-14-26-15-9-18)23-17-6-11-24(12-7-17)19(25)16(2)3/h16-18H,4-15H2,1-3H3,(H2,21,22,23). The molecule has 2 aliphatic rings. The number of guanidine groups is 1. The van der Waals surface area contributed by atoms with Gasteiger partial charge < -0.3 is 25.0 Å². The van der Waals surface area contributed by atoms with Crippen molar-refractivity contribution in [1.82, 2.24) is 15.5 Å². The lowest BCUT2D eigenvalue weighted by atomic mass is 10.0. The van der Waals surface area contributed by atoms with Crippen molar-refractivity contribution in [1.29, 1.82) is 0 Å². The number of hydrogen-bond acceptors (Lipinski definition) is 4. The normalized spacial score (nSPS) is 20.1. The van der Waals surface area contributed by atoms with Crippen LogP contribution in [0.4, 0.5) is 0 Å². The van der Waals surface area contributed by atoms with E-state index in [1.807, 2.05) is 18.7 Å². The van der Waals surface area contributed by atoms with Crippen molar-refractivity contribution in [2.75, 3.05) is 46.0 Å². The van der Waals surface area contributed by atoms with Gasteiger partial charge in [-0.05, 0) is 39.0 Å². The minimum absolute atomic E-state index is 0.0803. The summed E-state index contributed by atoms with van der Waals surface area (Å²) < 4.78 is 11.2. The van der Waals surface area contributed by atoms with E-state index in [0.717, 1.165) is 84.1 Å². The van der Waals surface area contributed by atoms with Crippen LogP contribution in [-0.2, 0) is 14.3 Å². The lowest BCUT2D eigenvalue weighted by molar-refractivity contribution is -0.135. The molecule has 0 aromatic carbocycles. The summed E-state index contributed by atoms with van der Waals surface area (Å²) in [6.45, 7) is 11.7. The molecule has 0 unspecified atom stereocenters. The smallest absolute Gasteiger partial charge is 0.225 e. The van der Waals surface area contributed by atoms with E-state index in [1.165, 1.54) is 0 Å². The van der Waals surface area contributed by atoms with Crippen LogP contribution in [0.25, 0.3) is 0 Å². The van der Waals surface area contributed by atoms with Crippen LogP contribution in [0, 0.1) is 5.92 Å². The van der Waals surface area contributed by atoms with Gasteiger partial charge in [-0.3, -0.25) is 9.79 Å². The number of hydrogen-bond donors (Lipinski definition) is 2. The first-order valence-electron chi connectivity index (χ1n) is 10.6. The highest BCUT2D eigenvalue weighted by molar-refractivity contribution is 5.80. The maximum Gasteiger partial charge on any atom is 0.225 e. The van der Waals surface area contributed by atoms with Crippen molar-refractivity contribution in [3.05, 3.63) is 0 Å². The van der Waals surface area contributed by atoms with Gasteiger partial charge in [-0.2, -0.15) is 0 Å². The zero-order valence-electron chi connectivity index (χ0n) is 17.3. The second-order valence-electron chi connectivity index (χ2n) is 7.70. The van der Waals surface area contributed by atoms with Gasteiger partial charge in [0.2, 0.25) is 5.91 Å². The minimum atomic E-state index is 0.0803. The van der Waals surface area contributed by atoms with E-state index in [-0.39, 0.29) is 11.8 Å². The average molecular weight is 383 g/mol. The van der Waals surface area contributed by atoms with Crippen molar-refractivity contribution in [3.8, 4) is 0 Å². The largest absolute Gasteiger partial charge is 0.381 e. The van der Waals surface area contributed by atoms with Crippen LogP contribution in [0.3, 0.4) is 0 Å². The summed E-state index contributed by atoms with van der Waals surface area (Å²) in [5.74, 6) is 1.22. The van der Waals surface area contributed by atoms with E-state index in [9.17, 15) is 4.79 Å². The number of piperidine rings is 1. The quantitative estimate of drug-likeness (QED) is 0.380. The molecule has 0 aliphatic carbocycles. The molecule has 2 N–H and O–H groups in total. The Morgan fingerprint density at radius 2 is 1.93 bits per heavy atom. The molecule has 2 saturated heterocycles. The molecule has 0 aromatic rings. The van der Waals surface area contributed by atoms with Crippen LogP contribution in [0.15, 0.2) is 4.99 Å². The van der Waals surface area contributed by atoms with Gasteiger partial charge in [-0.1, -0.05) is 13.8 Å². The Bertz CT molecular complexity index is 456. The maximum atomic E-state index is 12.1. The molecule has 0 radical (unpaired) electrons. The third kappa shape index (κ3) is 8.05. The first kappa shape index (κ1) is 22.0. The number of nitrogens with one attached hydrogen (secondary N) is 2. The molecule has 7 nitrogen and oxygen atoms in total. The molecule has 1 amide bonds. The molecule has 0 bridgehead atoms. The molecule has 2 rings (SSSR count). The molecule has 2 heterocycles. The number of aliphatic imine (C=N–C) groups is 1. The summed E-state index contributed by atoms with van der Waals surface area (Å²) in [7, 11) is 0. The maximum absolute atomic E-state index is 12.1. The summed E-state index contributed by atoms with van der Waals surface area (Å²) >= 11 is 0. The Morgan fingerprint density at radius 1 is 1.22 bits per heavy atom. The molecule has 2 aliphatic heterocycles. The monoisotopic (exact) mass is 382 g/mol. The summed E-state index contributed by atoms with van der Waals surface area (Å²) in [6, 6.07) is 0.373. The number of nitrogens with zero attached hydrogens (tertiary/aromatic N) is 2. The number of rotatable bonds is 8. The molecule has 7 heteroatoms. The summed E-state index contributed by atoms with van der Waals surface area (Å²) in [4.78, 5) is 18.8. The fraction of sp³-hybridized carbons (Fsp3) is 0.900. The van der Waals surface area contributed by atoms with Gasteiger partial charge in [0.15, 0.2) is 5.96 Å². The van der Waals surface area contributed by atoms with Gasteiger partial charge in [0, 0.05) is 58.0 Å².